The minimum absolute atomic E-state index is 0.239. The zero-order valence-corrected chi connectivity index (χ0v) is 8.04. The second-order valence-corrected chi connectivity index (χ2v) is 5.28. The van der Waals surface area contributed by atoms with Crippen LogP contribution in [0, 0.1) is 17.3 Å². The van der Waals surface area contributed by atoms with E-state index in [9.17, 15) is 10.2 Å². The molecule has 3 aliphatic rings. The van der Waals surface area contributed by atoms with Gasteiger partial charge in [-0.1, -0.05) is 13.8 Å². The molecule has 2 heteroatoms. The van der Waals surface area contributed by atoms with E-state index in [1.165, 1.54) is 0 Å². The molecule has 0 aromatic carbocycles. The Bertz CT molecular complexity index is 208. The molecule has 3 saturated carbocycles. The molecular weight excluding hydrogens is 152 g/mol. The molecule has 70 valence electrons. The maximum atomic E-state index is 10.0. The SMILES string of the molecule is CC1(C)C2C[C@@H](O)[C@@](C)(O)[C@H]1C2. The van der Waals surface area contributed by atoms with Crippen molar-refractivity contribution in [3.63, 3.8) is 0 Å². The molecule has 3 fully saturated rings. The molecule has 0 aromatic rings. The highest BCUT2D eigenvalue weighted by Gasteiger charge is 2.62. The average Bonchev–Trinajstić information content (AvgIpc) is 1.93. The lowest BCUT2D eigenvalue weighted by molar-refractivity contribution is -0.245. The van der Waals surface area contributed by atoms with Crippen molar-refractivity contribution in [1.29, 1.82) is 0 Å². The fraction of sp³-hybridized carbons (Fsp3) is 1.00. The maximum absolute atomic E-state index is 10.0. The van der Waals surface area contributed by atoms with E-state index in [0.717, 1.165) is 12.8 Å². The molecule has 12 heavy (non-hydrogen) atoms. The van der Waals surface area contributed by atoms with Crippen LogP contribution in [-0.2, 0) is 0 Å². The van der Waals surface area contributed by atoms with Gasteiger partial charge in [-0.05, 0) is 37.0 Å². The Morgan fingerprint density at radius 3 is 2.08 bits per heavy atom. The van der Waals surface area contributed by atoms with Crippen molar-refractivity contribution in [3.05, 3.63) is 0 Å². The third-order valence-corrected chi connectivity index (χ3v) is 4.36. The first-order chi connectivity index (χ1) is 5.37. The second kappa shape index (κ2) is 2.05. The lowest BCUT2D eigenvalue weighted by Gasteiger charge is -2.64. The summed E-state index contributed by atoms with van der Waals surface area (Å²) in [7, 11) is 0. The van der Waals surface area contributed by atoms with Crippen LogP contribution >= 0.6 is 0 Å². The van der Waals surface area contributed by atoms with Crippen LogP contribution in [0.1, 0.15) is 33.6 Å². The van der Waals surface area contributed by atoms with Crippen LogP contribution in [0.2, 0.25) is 0 Å². The van der Waals surface area contributed by atoms with E-state index in [0.29, 0.717) is 11.8 Å². The van der Waals surface area contributed by atoms with Gasteiger partial charge in [0.25, 0.3) is 0 Å². The van der Waals surface area contributed by atoms with Crippen LogP contribution in [-0.4, -0.2) is 21.9 Å². The van der Waals surface area contributed by atoms with E-state index in [1.54, 1.807) is 6.92 Å². The van der Waals surface area contributed by atoms with E-state index in [2.05, 4.69) is 13.8 Å². The minimum Gasteiger partial charge on any atom is -0.390 e. The predicted octanol–water partition coefficient (Wildman–Crippen LogP) is 1.16. The Morgan fingerprint density at radius 1 is 1.17 bits per heavy atom. The fourth-order valence-corrected chi connectivity index (χ4v) is 3.15. The number of fused-ring (bicyclic) bond motifs is 2. The summed E-state index contributed by atoms with van der Waals surface area (Å²) < 4.78 is 0. The van der Waals surface area contributed by atoms with Gasteiger partial charge < -0.3 is 10.2 Å². The highest BCUT2D eigenvalue weighted by Crippen LogP contribution is 2.62. The Balaban J connectivity index is 2.27. The van der Waals surface area contributed by atoms with Gasteiger partial charge in [0.05, 0.1) is 11.7 Å². The van der Waals surface area contributed by atoms with Crippen LogP contribution in [0.5, 0.6) is 0 Å². The van der Waals surface area contributed by atoms with Crippen LogP contribution in [0.3, 0.4) is 0 Å². The molecule has 3 aliphatic carbocycles. The first-order valence-electron chi connectivity index (χ1n) is 4.77. The van der Waals surface area contributed by atoms with Crippen molar-refractivity contribution < 1.29 is 10.2 Å². The van der Waals surface area contributed by atoms with Gasteiger partial charge in [0.15, 0.2) is 0 Å². The molecule has 0 heterocycles. The summed E-state index contributed by atoms with van der Waals surface area (Å²) in [4.78, 5) is 0. The van der Waals surface area contributed by atoms with Crippen molar-refractivity contribution >= 4 is 0 Å². The van der Waals surface area contributed by atoms with Gasteiger partial charge >= 0.3 is 0 Å². The lowest BCUT2D eigenvalue weighted by Crippen LogP contribution is -2.66. The highest BCUT2D eigenvalue weighted by molar-refractivity contribution is 5.12. The zero-order valence-electron chi connectivity index (χ0n) is 8.04. The monoisotopic (exact) mass is 170 g/mol. The summed E-state index contributed by atoms with van der Waals surface area (Å²) in [5.74, 6) is 0.913. The van der Waals surface area contributed by atoms with Crippen molar-refractivity contribution in [1.82, 2.24) is 0 Å². The molecule has 0 spiro atoms. The Labute approximate surface area is 73.6 Å². The van der Waals surface area contributed by atoms with Gasteiger partial charge in [-0.25, -0.2) is 0 Å². The molecule has 1 unspecified atom stereocenters. The van der Waals surface area contributed by atoms with E-state index in [-0.39, 0.29) is 5.41 Å². The number of aliphatic hydroxyl groups is 2. The first-order valence-corrected chi connectivity index (χ1v) is 4.77. The number of aliphatic hydroxyl groups excluding tert-OH is 1. The van der Waals surface area contributed by atoms with Crippen molar-refractivity contribution in [3.8, 4) is 0 Å². The molecule has 2 N–H and O–H groups in total. The predicted molar refractivity (Wildman–Crippen MR) is 46.6 cm³/mol. The second-order valence-electron chi connectivity index (χ2n) is 5.28. The molecule has 0 amide bonds. The largest absolute Gasteiger partial charge is 0.390 e. The van der Waals surface area contributed by atoms with E-state index < -0.39 is 11.7 Å². The van der Waals surface area contributed by atoms with Crippen LogP contribution in [0.4, 0.5) is 0 Å². The van der Waals surface area contributed by atoms with Crippen molar-refractivity contribution in [2.45, 2.75) is 45.3 Å². The Hall–Kier alpha value is -0.0800. The standard InChI is InChI=1S/C10H18O2/c1-9(2)6-4-7(9)10(3,12)8(11)5-6/h6-8,11-12H,4-5H2,1-3H3/t6?,7-,8+,10-/m0/s1. The molecule has 4 atom stereocenters. The molecule has 3 rings (SSSR count). The van der Waals surface area contributed by atoms with Gasteiger partial charge in [-0.15, -0.1) is 0 Å². The summed E-state index contributed by atoms with van der Waals surface area (Å²) in [6.45, 7) is 6.18. The van der Waals surface area contributed by atoms with Gasteiger partial charge in [0.1, 0.15) is 0 Å². The summed E-state index contributed by atoms with van der Waals surface area (Å²) in [5, 5.41) is 19.7. The molecular formula is C10H18O2. The first kappa shape index (κ1) is 8.52. The topological polar surface area (TPSA) is 40.5 Å². The quantitative estimate of drug-likeness (QED) is 0.573. The maximum Gasteiger partial charge on any atom is 0.0910 e. The third-order valence-electron chi connectivity index (χ3n) is 4.36. The third kappa shape index (κ3) is 0.775. The van der Waals surface area contributed by atoms with Gasteiger partial charge in [0.2, 0.25) is 0 Å². The minimum atomic E-state index is -0.849. The fourth-order valence-electron chi connectivity index (χ4n) is 3.15. The van der Waals surface area contributed by atoms with Crippen LogP contribution < -0.4 is 0 Å². The van der Waals surface area contributed by atoms with Gasteiger partial charge in [0, 0.05) is 0 Å². The van der Waals surface area contributed by atoms with Crippen molar-refractivity contribution in [2.24, 2.45) is 17.3 Å². The smallest absolute Gasteiger partial charge is 0.0910 e. The van der Waals surface area contributed by atoms with Gasteiger partial charge in [-0.3, -0.25) is 0 Å². The van der Waals surface area contributed by atoms with Crippen LogP contribution in [0.15, 0.2) is 0 Å². The number of hydrogen-bond acceptors (Lipinski definition) is 2. The summed E-state index contributed by atoms with van der Waals surface area (Å²) in [6.07, 6.45) is 1.36. The average molecular weight is 170 g/mol. The van der Waals surface area contributed by atoms with Crippen molar-refractivity contribution in [2.75, 3.05) is 0 Å². The zero-order chi connectivity index (χ0) is 9.15. The van der Waals surface area contributed by atoms with E-state index in [4.69, 9.17) is 0 Å². The highest BCUT2D eigenvalue weighted by atomic mass is 16.3. The van der Waals surface area contributed by atoms with Crippen LogP contribution in [0.25, 0.3) is 0 Å². The lowest BCUT2D eigenvalue weighted by atomic mass is 9.43. The Kier molecular flexibility index (Phi) is 1.45. The molecule has 0 saturated heterocycles. The summed E-state index contributed by atoms with van der Waals surface area (Å²) in [5.41, 5.74) is -0.610. The summed E-state index contributed by atoms with van der Waals surface area (Å²) >= 11 is 0. The molecule has 0 aromatic heterocycles. The summed E-state index contributed by atoms with van der Waals surface area (Å²) in [6, 6.07) is 0. The number of hydrogen-bond donors (Lipinski definition) is 2. The van der Waals surface area contributed by atoms with E-state index >= 15 is 0 Å². The van der Waals surface area contributed by atoms with Gasteiger partial charge in [-0.2, -0.15) is 0 Å². The molecule has 2 bridgehead atoms. The molecule has 0 radical (unpaired) electrons. The molecule has 2 nitrogen and oxygen atoms in total. The molecule has 0 aliphatic heterocycles. The Morgan fingerprint density at radius 2 is 1.75 bits per heavy atom. The normalized spacial score (nSPS) is 56.2. The number of rotatable bonds is 0. The van der Waals surface area contributed by atoms with E-state index in [1.807, 2.05) is 0 Å².